The van der Waals surface area contributed by atoms with E-state index < -0.39 is 12.7 Å². The number of hydrogen-bond acceptors (Lipinski definition) is 2. The van der Waals surface area contributed by atoms with Gasteiger partial charge in [-0.25, -0.2) is 0 Å². The average Bonchev–Trinajstić information content (AvgIpc) is 2.23. The highest BCUT2D eigenvalue weighted by atomic mass is 19.4. The molecule has 0 radical (unpaired) electrons. The summed E-state index contributed by atoms with van der Waals surface area (Å²) < 4.78 is 35.7. The lowest BCUT2D eigenvalue weighted by Crippen LogP contribution is -2.47. The van der Waals surface area contributed by atoms with Crippen molar-refractivity contribution in [1.82, 2.24) is 10.6 Å². The summed E-state index contributed by atoms with van der Waals surface area (Å²) in [7, 11) is 0. The largest absolute Gasteiger partial charge is 0.401 e. The van der Waals surface area contributed by atoms with Gasteiger partial charge in [0.2, 0.25) is 5.91 Å². The summed E-state index contributed by atoms with van der Waals surface area (Å²) in [5, 5.41) is 4.92. The molecule has 1 saturated carbocycles. The molecule has 1 aliphatic rings. The Hall–Kier alpha value is -0.780. The van der Waals surface area contributed by atoms with Crippen molar-refractivity contribution in [3.8, 4) is 0 Å². The van der Waals surface area contributed by atoms with E-state index in [9.17, 15) is 18.0 Å². The minimum atomic E-state index is -4.27. The van der Waals surface area contributed by atoms with Crippen LogP contribution in [0.15, 0.2) is 0 Å². The van der Waals surface area contributed by atoms with Crippen LogP contribution < -0.4 is 10.6 Å². The zero-order valence-corrected chi connectivity index (χ0v) is 10.8. The van der Waals surface area contributed by atoms with Crippen LogP contribution in [0.5, 0.6) is 0 Å². The van der Waals surface area contributed by atoms with Gasteiger partial charge in [0, 0.05) is 6.04 Å². The Morgan fingerprint density at radius 3 is 2.56 bits per heavy atom. The third-order valence-corrected chi connectivity index (χ3v) is 3.66. The van der Waals surface area contributed by atoms with Gasteiger partial charge in [-0.2, -0.15) is 13.2 Å². The Labute approximate surface area is 106 Å². The van der Waals surface area contributed by atoms with Gasteiger partial charge in [-0.15, -0.1) is 0 Å². The van der Waals surface area contributed by atoms with E-state index in [0.29, 0.717) is 11.8 Å². The highest BCUT2D eigenvalue weighted by molar-refractivity contribution is 5.78. The van der Waals surface area contributed by atoms with Crippen molar-refractivity contribution < 1.29 is 18.0 Å². The van der Waals surface area contributed by atoms with Crippen LogP contribution in [0, 0.1) is 11.8 Å². The maximum absolute atomic E-state index is 11.9. The number of rotatable bonds is 4. The lowest BCUT2D eigenvalue weighted by atomic mass is 9.78. The molecule has 0 aromatic rings. The zero-order valence-electron chi connectivity index (χ0n) is 10.8. The number of amides is 1. The Balaban J connectivity index is 2.27. The average molecular weight is 266 g/mol. The molecule has 18 heavy (non-hydrogen) atoms. The molecule has 6 heteroatoms. The van der Waals surface area contributed by atoms with Crippen molar-refractivity contribution in [1.29, 1.82) is 0 Å². The van der Waals surface area contributed by atoms with Gasteiger partial charge in [0.1, 0.15) is 0 Å². The molecule has 0 aromatic heterocycles. The monoisotopic (exact) mass is 266 g/mol. The Kier molecular flexibility index (Phi) is 5.44. The maximum Gasteiger partial charge on any atom is 0.401 e. The summed E-state index contributed by atoms with van der Waals surface area (Å²) in [6, 6.07) is 0.0916. The van der Waals surface area contributed by atoms with Gasteiger partial charge in [-0.05, 0) is 18.3 Å². The number of alkyl halides is 3. The number of hydrogen-bond donors (Lipinski definition) is 2. The normalized spacial score (nSPS) is 29.1. The fraction of sp³-hybridized carbons (Fsp3) is 0.917. The van der Waals surface area contributed by atoms with Gasteiger partial charge < -0.3 is 10.6 Å². The van der Waals surface area contributed by atoms with Crippen molar-refractivity contribution in [2.24, 2.45) is 11.8 Å². The summed E-state index contributed by atoms with van der Waals surface area (Å²) >= 11 is 0. The van der Waals surface area contributed by atoms with Gasteiger partial charge in [-0.3, -0.25) is 4.79 Å². The van der Waals surface area contributed by atoms with Gasteiger partial charge in [0.25, 0.3) is 0 Å². The van der Waals surface area contributed by atoms with E-state index in [-0.39, 0.29) is 18.5 Å². The van der Waals surface area contributed by atoms with Crippen molar-refractivity contribution in [3.63, 3.8) is 0 Å². The first kappa shape index (κ1) is 15.3. The Morgan fingerprint density at radius 2 is 1.94 bits per heavy atom. The van der Waals surface area contributed by atoms with E-state index in [1.807, 2.05) is 0 Å². The molecule has 0 aliphatic heterocycles. The number of halogens is 3. The van der Waals surface area contributed by atoms with E-state index in [0.717, 1.165) is 19.3 Å². The molecular formula is C12H21F3N2O. The maximum atomic E-state index is 11.9. The molecular weight excluding hydrogens is 245 g/mol. The second-order valence-electron chi connectivity index (χ2n) is 5.16. The van der Waals surface area contributed by atoms with Gasteiger partial charge in [0.15, 0.2) is 0 Å². The molecule has 1 rings (SSSR count). The molecule has 0 saturated heterocycles. The smallest absolute Gasteiger partial charge is 0.352 e. The van der Waals surface area contributed by atoms with Crippen molar-refractivity contribution in [3.05, 3.63) is 0 Å². The lowest BCUT2D eigenvalue weighted by molar-refractivity contribution is -0.129. The van der Waals surface area contributed by atoms with Crippen LogP contribution in [0.3, 0.4) is 0 Å². The molecule has 3 nitrogen and oxygen atoms in total. The van der Waals surface area contributed by atoms with Crippen molar-refractivity contribution in [2.45, 2.75) is 45.3 Å². The van der Waals surface area contributed by atoms with E-state index in [4.69, 9.17) is 0 Å². The summed E-state index contributed by atoms with van der Waals surface area (Å²) in [5.74, 6) is 0.572. The van der Waals surface area contributed by atoms with E-state index in [1.165, 1.54) is 0 Å². The number of nitrogens with one attached hydrogen (secondary N) is 2. The lowest BCUT2D eigenvalue weighted by Gasteiger charge is -2.34. The molecule has 0 heterocycles. The first-order chi connectivity index (χ1) is 8.29. The molecule has 2 N–H and O–H groups in total. The Morgan fingerprint density at radius 1 is 1.28 bits per heavy atom. The molecule has 1 fully saturated rings. The molecule has 0 bridgehead atoms. The van der Waals surface area contributed by atoms with E-state index in [1.54, 1.807) is 0 Å². The molecule has 0 spiro atoms. The number of carbonyl (C=O) groups is 1. The van der Waals surface area contributed by atoms with E-state index in [2.05, 4.69) is 24.5 Å². The minimum absolute atomic E-state index is 0.0916. The molecule has 0 aromatic carbocycles. The first-order valence-electron chi connectivity index (χ1n) is 6.36. The molecule has 3 atom stereocenters. The standard InChI is InChI=1S/C12H21F3N2O/c1-8-4-3-5-10(9(8)2)17-11(18)6-16-7-12(13,14)15/h8-10,16H,3-7H2,1-2H3,(H,17,18). The SMILES string of the molecule is CC1CCCC(NC(=O)CNCC(F)(F)F)C1C. The first-order valence-corrected chi connectivity index (χ1v) is 6.36. The fourth-order valence-corrected chi connectivity index (χ4v) is 2.36. The fourth-order valence-electron chi connectivity index (χ4n) is 2.36. The highest BCUT2D eigenvalue weighted by Crippen LogP contribution is 2.29. The third kappa shape index (κ3) is 5.25. The van der Waals surface area contributed by atoms with Crippen LogP contribution in [0.1, 0.15) is 33.1 Å². The van der Waals surface area contributed by atoms with Crippen LogP contribution in [0.25, 0.3) is 0 Å². The van der Waals surface area contributed by atoms with Gasteiger partial charge in [-0.1, -0.05) is 26.7 Å². The summed E-state index contributed by atoms with van der Waals surface area (Å²) in [6.45, 7) is 2.82. The van der Waals surface area contributed by atoms with Crippen LogP contribution in [0.4, 0.5) is 13.2 Å². The molecule has 1 amide bonds. The zero-order chi connectivity index (χ0) is 13.8. The Bertz CT molecular complexity index is 281. The minimum Gasteiger partial charge on any atom is -0.352 e. The second-order valence-corrected chi connectivity index (χ2v) is 5.16. The highest BCUT2D eigenvalue weighted by Gasteiger charge is 2.29. The quantitative estimate of drug-likeness (QED) is 0.818. The number of carbonyl (C=O) groups excluding carboxylic acids is 1. The summed E-state index contributed by atoms with van der Waals surface area (Å²) in [4.78, 5) is 11.5. The van der Waals surface area contributed by atoms with Crippen LogP contribution in [-0.4, -0.2) is 31.2 Å². The van der Waals surface area contributed by atoms with E-state index >= 15 is 0 Å². The topological polar surface area (TPSA) is 41.1 Å². The van der Waals surface area contributed by atoms with Crippen molar-refractivity contribution >= 4 is 5.91 Å². The van der Waals surface area contributed by atoms with Crippen LogP contribution in [0.2, 0.25) is 0 Å². The summed E-state index contributed by atoms with van der Waals surface area (Å²) in [6.07, 6.45) is -1.14. The molecule has 1 aliphatic carbocycles. The van der Waals surface area contributed by atoms with Gasteiger partial charge in [0.05, 0.1) is 13.1 Å². The molecule has 3 unspecified atom stereocenters. The predicted octanol–water partition coefficient (Wildman–Crippen LogP) is 2.08. The molecule has 106 valence electrons. The predicted molar refractivity (Wildman–Crippen MR) is 63.0 cm³/mol. The second kappa shape index (κ2) is 6.41. The van der Waals surface area contributed by atoms with Crippen molar-refractivity contribution in [2.75, 3.05) is 13.1 Å². The van der Waals surface area contributed by atoms with Crippen LogP contribution in [-0.2, 0) is 4.79 Å². The summed E-state index contributed by atoms with van der Waals surface area (Å²) in [5.41, 5.74) is 0. The van der Waals surface area contributed by atoms with Crippen LogP contribution >= 0.6 is 0 Å². The van der Waals surface area contributed by atoms with Gasteiger partial charge >= 0.3 is 6.18 Å². The third-order valence-electron chi connectivity index (χ3n) is 3.66.